The number of fused-ring (bicyclic) bond motifs is 1. The highest BCUT2D eigenvalue weighted by Crippen LogP contribution is 2.24. The van der Waals surface area contributed by atoms with Gasteiger partial charge in [0.25, 0.3) is 5.91 Å². The average molecular weight is 395 g/mol. The fourth-order valence-electron chi connectivity index (χ4n) is 3.17. The highest BCUT2D eigenvalue weighted by Gasteiger charge is 2.15. The van der Waals surface area contributed by atoms with Crippen molar-refractivity contribution in [2.45, 2.75) is 19.4 Å². The molecule has 1 atom stereocenters. The number of ether oxygens (including phenoxy) is 2. The smallest absolute Gasteiger partial charge is 0.310 e. The van der Waals surface area contributed by atoms with E-state index in [1.807, 2.05) is 49.4 Å². The zero-order valence-electron chi connectivity index (χ0n) is 16.3. The van der Waals surface area contributed by atoms with Crippen molar-refractivity contribution in [3.05, 3.63) is 77.6 Å². The third-order valence-corrected chi connectivity index (χ3v) is 4.60. The van der Waals surface area contributed by atoms with E-state index in [4.69, 9.17) is 9.47 Å². The van der Waals surface area contributed by atoms with Crippen LogP contribution in [-0.2, 0) is 20.7 Å². The van der Waals surface area contributed by atoms with Crippen molar-refractivity contribution in [1.29, 1.82) is 0 Å². The van der Waals surface area contributed by atoms with Gasteiger partial charge in [-0.2, -0.15) is 0 Å². The fraction of sp³-hybridized carbons (Fsp3) is 0.217. The molecule has 3 rings (SSSR count). The maximum Gasteiger partial charge on any atom is 0.310 e. The number of hydrogen-bond donors (Lipinski definition) is 1. The second-order valence-corrected chi connectivity index (χ2v) is 6.66. The van der Waals surface area contributed by atoms with E-state index in [1.165, 1.54) is 19.2 Å². The van der Waals surface area contributed by atoms with Crippen LogP contribution in [0.4, 0.5) is 4.39 Å². The largest absolute Gasteiger partial charge is 0.494 e. The van der Waals surface area contributed by atoms with E-state index in [1.54, 1.807) is 6.07 Å². The number of nitrogens with one attached hydrogen (secondary N) is 1. The Kier molecular flexibility index (Phi) is 6.44. The molecule has 0 saturated carbocycles. The Hall–Kier alpha value is -3.41. The summed E-state index contributed by atoms with van der Waals surface area (Å²) in [6.07, 6.45) is -0.132. The van der Waals surface area contributed by atoms with Crippen molar-refractivity contribution in [1.82, 2.24) is 5.32 Å². The summed E-state index contributed by atoms with van der Waals surface area (Å²) in [7, 11) is 1.37. The van der Waals surface area contributed by atoms with E-state index in [-0.39, 0.29) is 18.2 Å². The summed E-state index contributed by atoms with van der Waals surface area (Å²) in [5.41, 5.74) is 1.43. The zero-order chi connectivity index (χ0) is 20.8. The number of amides is 1. The number of carbonyl (C=O) groups excluding carboxylic acids is 2. The Morgan fingerprint density at radius 2 is 1.83 bits per heavy atom. The maximum atomic E-state index is 13.7. The van der Waals surface area contributed by atoms with Gasteiger partial charge >= 0.3 is 5.97 Å². The number of carbonyl (C=O) groups is 2. The number of rotatable bonds is 7. The molecule has 0 heterocycles. The summed E-state index contributed by atoms with van der Waals surface area (Å²) >= 11 is 0. The highest BCUT2D eigenvalue weighted by molar-refractivity contribution is 5.87. The molecule has 0 bridgehead atoms. The Morgan fingerprint density at radius 1 is 1.07 bits per heavy atom. The third-order valence-electron chi connectivity index (χ3n) is 4.60. The quantitative estimate of drug-likeness (QED) is 0.615. The first-order valence-electron chi connectivity index (χ1n) is 9.23. The molecule has 0 aromatic heterocycles. The van der Waals surface area contributed by atoms with Crippen molar-refractivity contribution < 1.29 is 23.5 Å². The molecule has 0 unspecified atom stereocenters. The van der Waals surface area contributed by atoms with Crippen LogP contribution in [0.25, 0.3) is 10.8 Å². The van der Waals surface area contributed by atoms with E-state index in [0.29, 0.717) is 5.56 Å². The second kappa shape index (κ2) is 9.19. The van der Waals surface area contributed by atoms with Crippen molar-refractivity contribution in [2.75, 3.05) is 13.7 Å². The van der Waals surface area contributed by atoms with Crippen LogP contribution in [0.3, 0.4) is 0 Å². The molecule has 0 fully saturated rings. The molecule has 0 saturated heterocycles. The molecule has 3 aromatic carbocycles. The van der Waals surface area contributed by atoms with Gasteiger partial charge in [0.1, 0.15) is 0 Å². The first-order valence-corrected chi connectivity index (χ1v) is 9.23. The van der Waals surface area contributed by atoms with E-state index in [0.717, 1.165) is 16.3 Å². The van der Waals surface area contributed by atoms with Gasteiger partial charge in [-0.15, -0.1) is 0 Å². The second-order valence-electron chi connectivity index (χ2n) is 6.66. The van der Waals surface area contributed by atoms with Crippen LogP contribution >= 0.6 is 0 Å². The van der Waals surface area contributed by atoms with Gasteiger partial charge in [-0.05, 0) is 41.0 Å². The van der Waals surface area contributed by atoms with Gasteiger partial charge in [-0.1, -0.05) is 48.5 Å². The van der Waals surface area contributed by atoms with E-state index in [2.05, 4.69) is 5.32 Å². The molecule has 1 amide bonds. The lowest BCUT2D eigenvalue weighted by atomic mass is 10.00. The van der Waals surface area contributed by atoms with Gasteiger partial charge < -0.3 is 14.8 Å². The number of hydrogen-bond acceptors (Lipinski definition) is 4. The predicted octanol–water partition coefficient (Wildman–Crippen LogP) is 3.95. The summed E-state index contributed by atoms with van der Waals surface area (Å²) in [5.74, 6) is -1.47. The Bertz CT molecular complexity index is 1030. The zero-order valence-corrected chi connectivity index (χ0v) is 16.3. The van der Waals surface area contributed by atoms with Crippen molar-refractivity contribution in [2.24, 2.45) is 0 Å². The lowest BCUT2D eigenvalue weighted by Crippen LogP contribution is -2.31. The summed E-state index contributed by atoms with van der Waals surface area (Å²) in [6.45, 7) is 1.48. The predicted molar refractivity (Wildman–Crippen MR) is 108 cm³/mol. The molecule has 0 radical (unpaired) electrons. The van der Waals surface area contributed by atoms with E-state index in [9.17, 15) is 14.0 Å². The van der Waals surface area contributed by atoms with Crippen molar-refractivity contribution >= 4 is 22.6 Å². The highest BCUT2D eigenvalue weighted by atomic mass is 19.1. The van der Waals surface area contributed by atoms with Crippen molar-refractivity contribution in [3.8, 4) is 5.75 Å². The number of halogens is 1. The Balaban J connectivity index is 1.54. The summed E-state index contributed by atoms with van der Waals surface area (Å²) in [6, 6.07) is 17.8. The van der Waals surface area contributed by atoms with Crippen LogP contribution in [0, 0.1) is 5.82 Å². The molecule has 1 N–H and O–H groups in total. The molecular weight excluding hydrogens is 373 g/mol. The van der Waals surface area contributed by atoms with Gasteiger partial charge in [0.15, 0.2) is 18.2 Å². The van der Waals surface area contributed by atoms with Crippen LogP contribution < -0.4 is 10.1 Å². The summed E-state index contributed by atoms with van der Waals surface area (Å²) < 4.78 is 23.6. The SMILES string of the molecule is COc1ccc(CC(=O)OCC(=O)N[C@@H](C)c2cccc3ccccc23)cc1F. The minimum Gasteiger partial charge on any atom is -0.494 e. The normalized spacial score (nSPS) is 11.7. The maximum absolute atomic E-state index is 13.7. The van der Waals surface area contributed by atoms with Crippen molar-refractivity contribution in [3.63, 3.8) is 0 Å². The average Bonchev–Trinajstić information content (AvgIpc) is 2.72. The van der Waals surface area contributed by atoms with Gasteiger partial charge in [0.05, 0.1) is 19.6 Å². The topological polar surface area (TPSA) is 64.6 Å². The Morgan fingerprint density at radius 3 is 2.59 bits per heavy atom. The fourth-order valence-corrected chi connectivity index (χ4v) is 3.17. The van der Waals surface area contributed by atoms with Crippen LogP contribution in [-0.4, -0.2) is 25.6 Å². The van der Waals surface area contributed by atoms with Crippen LogP contribution in [0.5, 0.6) is 5.75 Å². The van der Waals surface area contributed by atoms with Crippen LogP contribution in [0.2, 0.25) is 0 Å². The molecule has 5 nitrogen and oxygen atoms in total. The minimum atomic E-state index is -0.609. The molecular formula is C23H22FNO4. The monoisotopic (exact) mass is 395 g/mol. The lowest BCUT2D eigenvalue weighted by molar-refractivity contribution is -0.148. The third kappa shape index (κ3) is 5.10. The first-order chi connectivity index (χ1) is 14.0. The van der Waals surface area contributed by atoms with E-state index >= 15 is 0 Å². The Labute approximate surface area is 168 Å². The van der Waals surface area contributed by atoms with Gasteiger partial charge in [0, 0.05) is 0 Å². The molecule has 0 aliphatic heterocycles. The molecule has 6 heteroatoms. The molecule has 0 spiro atoms. The first kappa shape index (κ1) is 20.3. The van der Waals surface area contributed by atoms with Crippen LogP contribution in [0.15, 0.2) is 60.7 Å². The standard InChI is InChI=1S/C23H22FNO4/c1-15(18-9-5-7-17-6-3-4-8-19(17)18)25-22(26)14-29-23(27)13-16-10-11-21(28-2)20(24)12-16/h3-12,15H,13-14H2,1-2H3,(H,25,26)/t15-/m0/s1. The molecule has 0 aliphatic rings. The number of esters is 1. The van der Waals surface area contributed by atoms with Crippen LogP contribution in [0.1, 0.15) is 24.1 Å². The molecule has 0 aliphatic carbocycles. The summed E-state index contributed by atoms with van der Waals surface area (Å²) in [5, 5.41) is 4.98. The van der Waals surface area contributed by atoms with Gasteiger partial charge in [-0.25, -0.2) is 4.39 Å². The molecule has 29 heavy (non-hydrogen) atoms. The van der Waals surface area contributed by atoms with Gasteiger partial charge in [0.2, 0.25) is 0 Å². The van der Waals surface area contributed by atoms with Gasteiger partial charge in [-0.3, -0.25) is 9.59 Å². The summed E-state index contributed by atoms with van der Waals surface area (Å²) in [4.78, 5) is 24.1. The van der Waals surface area contributed by atoms with E-state index < -0.39 is 24.3 Å². The number of benzene rings is 3. The minimum absolute atomic E-state index is 0.101. The lowest BCUT2D eigenvalue weighted by Gasteiger charge is -2.16. The molecule has 3 aromatic rings. The number of methoxy groups -OCH3 is 1. The molecule has 150 valence electrons.